The number of phenols is 1. The molecule has 2 aromatic carbocycles. The number of aromatic hydroxyl groups is 1. The SMILES string of the molecule is Oc1ccc(Cl)cc1CNc1cc(C(F)(F)F)cc(C(F)(F)F)c1. The van der Waals surface area contributed by atoms with Crippen LogP contribution in [-0.4, -0.2) is 5.11 Å². The van der Waals surface area contributed by atoms with Crippen LogP contribution in [0.5, 0.6) is 5.75 Å². The first kappa shape index (κ1) is 18.3. The fourth-order valence-corrected chi connectivity index (χ4v) is 2.14. The third-order valence-corrected chi connectivity index (χ3v) is 3.35. The van der Waals surface area contributed by atoms with Gasteiger partial charge in [0.1, 0.15) is 5.75 Å². The van der Waals surface area contributed by atoms with E-state index in [1.165, 1.54) is 18.2 Å². The summed E-state index contributed by atoms with van der Waals surface area (Å²) in [5.74, 6) is -0.185. The number of benzene rings is 2. The summed E-state index contributed by atoms with van der Waals surface area (Å²) in [4.78, 5) is 0. The summed E-state index contributed by atoms with van der Waals surface area (Å²) in [6, 6.07) is 5.19. The minimum atomic E-state index is -4.92. The standard InChI is InChI=1S/C15H10ClF6NO/c16-11-1-2-13(24)8(3-11)7-23-12-5-9(14(17,18)19)4-10(6-12)15(20,21)22/h1-6,23-24H,7H2. The van der Waals surface area contributed by atoms with E-state index in [2.05, 4.69) is 5.32 Å². The van der Waals surface area contributed by atoms with E-state index in [-0.39, 0.29) is 34.6 Å². The fourth-order valence-electron chi connectivity index (χ4n) is 1.95. The van der Waals surface area contributed by atoms with Gasteiger partial charge < -0.3 is 10.4 Å². The Hall–Kier alpha value is -2.09. The third-order valence-electron chi connectivity index (χ3n) is 3.11. The van der Waals surface area contributed by atoms with Gasteiger partial charge in [-0.15, -0.1) is 0 Å². The second-order valence-corrected chi connectivity index (χ2v) is 5.36. The molecule has 0 bridgehead atoms. The van der Waals surface area contributed by atoms with Crippen LogP contribution in [0.3, 0.4) is 0 Å². The van der Waals surface area contributed by atoms with E-state index in [1.807, 2.05) is 0 Å². The predicted octanol–water partition coefficient (Wildman–Crippen LogP) is 5.70. The van der Waals surface area contributed by atoms with Gasteiger partial charge in [-0.2, -0.15) is 26.3 Å². The van der Waals surface area contributed by atoms with Crippen molar-refractivity contribution in [3.63, 3.8) is 0 Å². The number of rotatable bonds is 3. The fraction of sp³-hybridized carbons (Fsp3) is 0.200. The van der Waals surface area contributed by atoms with Crippen LogP contribution in [0.1, 0.15) is 16.7 Å². The van der Waals surface area contributed by atoms with E-state index in [9.17, 15) is 31.4 Å². The highest BCUT2D eigenvalue weighted by atomic mass is 35.5. The lowest BCUT2D eigenvalue weighted by Crippen LogP contribution is -2.12. The Balaban J connectivity index is 2.34. The summed E-state index contributed by atoms with van der Waals surface area (Å²) in [6.07, 6.45) is -9.84. The van der Waals surface area contributed by atoms with Crippen molar-refractivity contribution in [1.29, 1.82) is 0 Å². The molecular weight excluding hydrogens is 360 g/mol. The molecule has 130 valence electrons. The number of phenolic OH excluding ortho intramolecular Hbond substituents is 1. The average molecular weight is 370 g/mol. The van der Waals surface area contributed by atoms with Crippen molar-refractivity contribution in [1.82, 2.24) is 0 Å². The highest BCUT2D eigenvalue weighted by Crippen LogP contribution is 2.37. The van der Waals surface area contributed by atoms with Crippen LogP contribution in [0.2, 0.25) is 5.02 Å². The monoisotopic (exact) mass is 369 g/mol. The Morgan fingerprint density at radius 1 is 0.875 bits per heavy atom. The molecule has 2 rings (SSSR count). The largest absolute Gasteiger partial charge is 0.508 e. The number of anilines is 1. The first-order valence-corrected chi connectivity index (χ1v) is 6.85. The van der Waals surface area contributed by atoms with Crippen LogP contribution in [0, 0.1) is 0 Å². The van der Waals surface area contributed by atoms with Crippen LogP contribution >= 0.6 is 11.6 Å². The Morgan fingerprint density at radius 2 is 1.42 bits per heavy atom. The highest BCUT2D eigenvalue weighted by molar-refractivity contribution is 6.30. The molecule has 2 nitrogen and oxygen atoms in total. The zero-order valence-corrected chi connectivity index (χ0v) is 12.5. The van der Waals surface area contributed by atoms with Gasteiger partial charge in [-0.05, 0) is 36.4 Å². The molecule has 0 fully saturated rings. The third kappa shape index (κ3) is 4.47. The van der Waals surface area contributed by atoms with Crippen LogP contribution in [-0.2, 0) is 18.9 Å². The van der Waals surface area contributed by atoms with E-state index in [1.54, 1.807) is 0 Å². The van der Waals surface area contributed by atoms with Crippen molar-refractivity contribution >= 4 is 17.3 Å². The van der Waals surface area contributed by atoms with Crippen molar-refractivity contribution in [2.75, 3.05) is 5.32 Å². The molecule has 0 saturated carbocycles. The predicted molar refractivity (Wildman–Crippen MR) is 76.9 cm³/mol. The summed E-state index contributed by atoms with van der Waals surface area (Å²) in [5, 5.41) is 12.3. The molecule has 0 spiro atoms. The molecule has 0 saturated heterocycles. The average Bonchev–Trinajstić information content (AvgIpc) is 2.46. The molecule has 0 radical (unpaired) electrons. The summed E-state index contributed by atoms with van der Waals surface area (Å²) in [7, 11) is 0. The Kier molecular flexibility index (Phi) is 4.89. The van der Waals surface area contributed by atoms with Crippen molar-refractivity contribution in [2.24, 2.45) is 0 Å². The molecule has 0 atom stereocenters. The van der Waals surface area contributed by atoms with E-state index in [0.717, 1.165) is 0 Å². The molecule has 0 aromatic heterocycles. The molecule has 9 heteroatoms. The molecule has 0 unspecified atom stereocenters. The molecule has 0 aliphatic heterocycles. The zero-order valence-electron chi connectivity index (χ0n) is 11.8. The Morgan fingerprint density at radius 3 is 1.92 bits per heavy atom. The number of hydrogen-bond acceptors (Lipinski definition) is 2. The Labute approximate surface area is 137 Å². The summed E-state index contributed by atoms with van der Waals surface area (Å²) in [5.41, 5.74) is -2.99. The quantitative estimate of drug-likeness (QED) is 0.681. The number of hydrogen-bond donors (Lipinski definition) is 2. The molecule has 0 heterocycles. The van der Waals surface area contributed by atoms with Crippen molar-refractivity contribution in [2.45, 2.75) is 18.9 Å². The second kappa shape index (κ2) is 6.43. The zero-order chi connectivity index (χ0) is 18.1. The smallest absolute Gasteiger partial charge is 0.416 e. The molecular formula is C15H10ClF6NO. The molecule has 2 aromatic rings. The highest BCUT2D eigenvalue weighted by Gasteiger charge is 2.36. The van der Waals surface area contributed by atoms with E-state index < -0.39 is 23.5 Å². The summed E-state index contributed by atoms with van der Waals surface area (Å²) < 4.78 is 76.6. The van der Waals surface area contributed by atoms with Gasteiger partial charge in [-0.1, -0.05) is 11.6 Å². The summed E-state index contributed by atoms with van der Waals surface area (Å²) in [6.45, 7) is -0.203. The maximum atomic E-state index is 12.8. The molecule has 24 heavy (non-hydrogen) atoms. The lowest BCUT2D eigenvalue weighted by Gasteiger charge is -2.15. The maximum absolute atomic E-state index is 12.8. The van der Waals surface area contributed by atoms with E-state index in [0.29, 0.717) is 12.1 Å². The second-order valence-electron chi connectivity index (χ2n) is 4.92. The molecule has 0 aliphatic rings. The van der Waals surface area contributed by atoms with E-state index in [4.69, 9.17) is 11.6 Å². The van der Waals surface area contributed by atoms with Crippen molar-refractivity contribution < 1.29 is 31.4 Å². The van der Waals surface area contributed by atoms with Crippen LogP contribution in [0.4, 0.5) is 32.0 Å². The first-order chi connectivity index (χ1) is 11.0. The van der Waals surface area contributed by atoms with Crippen LogP contribution in [0.25, 0.3) is 0 Å². The van der Waals surface area contributed by atoms with E-state index >= 15 is 0 Å². The Bertz CT molecular complexity index is 709. The summed E-state index contributed by atoms with van der Waals surface area (Å²) >= 11 is 5.73. The maximum Gasteiger partial charge on any atom is 0.416 e. The van der Waals surface area contributed by atoms with Crippen LogP contribution < -0.4 is 5.32 Å². The van der Waals surface area contributed by atoms with Crippen LogP contribution in [0.15, 0.2) is 36.4 Å². The van der Waals surface area contributed by atoms with Gasteiger partial charge >= 0.3 is 12.4 Å². The molecule has 2 N–H and O–H groups in total. The lowest BCUT2D eigenvalue weighted by molar-refractivity contribution is -0.143. The minimum absolute atomic E-state index is 0.0437. The van der Waals surface area contributed by atoms with Gasteiger partial charge in [0.15, 0.2) is 0 Å². The topological polar surface area (TPSA) is 32.3 Å². The minimum Gasteiger partial charge on any atom is -0.508 e. The first-order valence-electron chi connectivity index (χ1n) is 6.47. The normalized spacial score (nSPS) is 12.3. The van der Waals surface area contributed by atoms with Gasteiger partial charge in [0, 0.05) is 22.8 Å². The molecule has 0 amide bonds. The van der Waals surface area contributed by atoms with Gasteiger partial charge in [-0.3, -0.25) is 0 Å². The van der Waals surface area contributed by atoms with Crippen molar-refractivity contribution in [3.8, 4) is 5.75 Å². The van der Waals surface area contributed by atoms with Gasteiger partial charge in [0.2, 0.25) is 0 Å². The van der Waals surface area contributed by atoms with Crippen molar-refractivity contribution in [3.05, 3.63) is 58.1 Å². The lowest BCUT2D eigenvalue weighted by atomic mass is 10.1. The van der Waals surface area contributed by atoms with Gasteiger partial charge in [-0.25, -0.2) is 0 Å². The molecule has 0 aliphatic carbocycles. The number of halogens is 7. The van der Waals surface area contributed by atoms with Gasteiger partial charge in [0.05, 0.1) is 11.1 Å². The number of nitrogens with one attached hydrogen (secondary N) is 1. The number of alkyl halides is 6. The van der Waals surface area contributed by atoms with Gasteiger partial charge in [0.25, 0.3) is 0 Å².